The maximum atomic E-state index is 10.4. The van der Waals surface area contributed by atoms with Crippen molar-refractivity contribution in [3.05, 3.63) is 65.7 Å². The number of phenolic OH excluding ortho intramolecular Hbond substituents is 1. The molecule has 0 saturated carbocycles. The molecule has 2 N–H and O–H groups in total. The predicted molar refractivity (Wildman–Crippen MR) is 89.9 cm³/mol. The molecule has 22 heavy (non-hydrogen) atoms. The largest absolute Gasteiger partial charge is 0.508 e. The number of nitrogens with zero attached hydrogens (tertiary/aromatic N) is 1. The lowest BCUT2D eigenvalue weighted by Gasteiger charge is -2.30. The minimum Gasteiger partial charge on any atom is -0.508 e. The molecule has 0 spiro atoms. The van der Waals surface area contributed by atoms with Gasteiger partial charge in [-0.2, -0.15) is 0 Å². The fourth-order valence-corrected chi connectivity index (χ4v) is 2.78. The van der Waals surface area contributed by atoms with Gasteiger partial charge in [-0.25, -0.2) is 0 Å². The first-order chi connectivity index (χ1) is 10.6. The second-order valence-electron chi connectivity index (χ2n) is 5.70. The van der Waals surface area contributed by atoms with E-state index >= 15 is 0 Å². The van der Waals surface area contributed by atoms with Crippen molar-refractivity contribution in [2.75, 3.05) is 13.1 Å². The summed E-state index contributed by atoms with van der Waals surface area (Å²) < 4.78 is 0. The Labute approximate surface area is 132 Å². The van der Waals surface area contributed by atoms with E-state index in [1.165, 1.54) is 0 Å². The smallest absolute Gasteiger partial charge is 0.115 e. The Morgan fingerprint density at radius 2 is 1.77 bits per heavy atom. The number of aromatic hydroxyl groups is 1. The van der Waals surface area contributed by atoms with Crippen LogP contribution in [-0.2, 0) is 6.42 Å². The lowest BCUT2D eigenvalue weighted by atomic mass is 10.0. The van der Waals surface area contributed by atoms with Crippen LogP contribution >= 0.6 is 0 Å². The molecule has 0 unspecified atom stereocenters. The minimum absolute atomic E-state index is 0.155. The number of rotatable bonds is 7. The third-order valence-electron chi connectivity index (χ3n) is 4.07. The molecule has 2 aromatic rings. The number of phenols is 1. The van der Waals surface area contributed by atoms with Crippen LogP contribution in [0.25, 0.3) is 0 Å². The molecular formula is C19H25NO2. The molecule has 0 aliphatic carbocycles. The number of likely N-dealkylation sites (N-methyl/N-ethyl adjacent to an activating group) is 1. The number of aliphatic hydroxyl groups excluding tert-OH is 1. The molecule has 0 aromatic heterocycles. The highest BCUT2D eigenvalue weighted by Gasteiger charge is 2.18. The van der Waals surface area contributed by atoms with Crippen molar-refractivity contribution in [2.24, 2.45) is 0 Å². The van der Waals surface area contributed by atoms with E-state index in [0.29, 0.717) is 13.0 Å². The Balaban J connectivity index is 1.99. The van der Waals surface area contributed by atoms with Crippen LogP contribution in [0.15, 0.2) is 54.6 Å². The predicted octanol–water partition coefficient (Wildman–Crippen LogP) is 3.38. The summed E-state index contributed by atoms with van der Waals surface area (Å²) in [5.41, 5.74) is 2.21. The van der Waals surface area contributed by atoms with Gasteiger partial charge < -0.3 is 10.2 Å². The van der Waals surface area contributed by atoms with Gasteiger partial charge in [0.15, 0.2) is 0 Å². The van der Waals surface area contributed by atoms with E-state index in [2.05, 4.69) is 18.7 Å². The van der Waals surface area contributed by atoms with Crippen molar-refractivity contribution in [3.63, 3.8) is 0 Å². The van der Waals surface area contributed by atoms with Crippen molar-refractivity contribution in [2.45, 2.75) is 32.4 Å². The summed E-state index contributed by atoms with van der Waals surface area (Å²) in [6.07, 6.45) is 0.256. The zero-order valence-corrected chi connectivity index (χ0v) is 13.3. The molecule has 0 aliphatic rings. The molecule has 0 saturated heterocycles. The van der Waals surface area contributed by atoms with Crippen molar-refractivity contribution >= 4 is 0 Å². The average molecular weight is 299 g/mol. The normalized spacial score (nSPS) is 14.0. The topological polar surface area (TPSA) is 43.7 Å². The van der Waals surface area contributed by atoms with Gasteiger partial charge in [0.05, 0.1) is 6.10 Å². The molecule has 2 aromatic carbocycles. The molecule has 118 valence electrons. The van der Waals surface area contributed by atoms with Gasteiger partial charge in [-0.3, -0.25) is 4.90 Å². The molecular weight excluding hydrogens is 274 g/mol. The van der Waals surface area contributed by atoms with Crippen LogP contribution in [0.2, 0.25) is 0 Å². The van der Waals surface area contributed by atoms with Crippen molar-refractivity contribution in [3.8, 4) is 5.75 Å². The summed E-state index contributed by atoms with van der Waals surface area (Å²) >= 11 is 0. The average Bonchev–Trinajstić information content (AvgIpc) is 2.53. The van der Waals surface area contributed by atoms with Crippen LogP contribution in [-0.4, -0.2) is 34.3 Å². The van der Waals surface area contributed by atoms with Gasteiger partial charge >= 0.3 is 0 Å². The number of hydrogen-bond acceptors (Lipinski definition) is 3. The van der Waals surface area contributed by atoms with Crippen LogP contribution < -0.4 is 0 Å². The summed E-state index contributed by atoms with van der Waals surface area (Å²) in [5.74, 6) is 0.283. The van der Waals surface area contributed by atoms with E-state index in [1.807, 2.05) is 42.5 Å². The highest BCUT2D eigenvalue weighted by Crippen LogP contribution is 2.23. The Morgan fingerprint density at radius 3 is 2.41 bits per heavy atom. The van der Waals surface area contributed by atoms with Gasteiger partial charge in [0.25, 0.3) is 0 Å². The standard InChI is InChI=1S/C19H25NO2/c1-3-20(15(2)17-10-7-11-18(21)13-17)14-19(22)12-16-8-5-4-6-9-16/h4-11,13,15,19,21-22H,3,12,14H2,1-2H3/t15-,19-/m0/s1. The molecule has 0 amide bonds. The molecule has 2 rings (SSSR count). The second-order valence-corrected chi connectivity index (χ2v) is 5.70. The van der Waals surface area contributed by atoms with Crippen LogP contribution in [0.5, 0.6) is 5.75 Å². The third-order valence-corrected chi connectivity index (χ3v) is 4.07. The van der Waals surface area contributed by atoms with E-state index < -0.39 is 6.10 Å². The highest BCUT2D eigenvalue weighted by atomic mass is 16.3. The van der Waals surface area contributed by atoms with Crippen molar-refractivity contribution < 1.29 is 10.2 Å². The lowest BCUT2D eigenvalue weighted by molar-refractivity contribution is 0.0945. The number of aliphatic hydroxyl groups is 1. The fraction of sp³-hybridized carbons (Fsp3) is 0.368. The van der Waals surface area contributed by atoms with Crippen molar-refractivity contribution in [1.82, 2.24) is 4.90 Å². The Kier molecular flexibility index (Phi) is 5.99. The molecule has 0 fully saturated rings. The first-order valence-electron chi connectivity index (χ1n) is 7.85. The zero-order chi connectivity index (χ0) is 15.9. The van der Waals surface area contributed by atoms with E-state index in [1.54, 1.807) is 12.1 Å². The van der Waals surface area contributed by atoms with E-state index in [-0.39, 0.29) is 11.8 Å². The first-order valence-corrected chi connectivity index (χ1v) is 7.85. The fourth-order valence-electron chi connectivity index (χ4n) is 2.78. The minimum atomic E-state index is -0.401. The van der Waals surface area contributed by atoms with Crippen LogP contribution in [0, 0.1) is 0 Å². The summed E-state index contributed by atoms with van der Waals surface area (Å²) in [6, 6.07) is 17.5. The summed E-state index contributed by atoms with van der Waals surface area (Å²) in [7, 11) is 0. The summed E-state index contributed by atoms with van der Waals surface area (Å²) in [4.78, 5) is 2.22. The SMILES string of the molecule is CCN(C[C@@H](O)Cc1ccccc1)[C@@H](C)c1cccc(O)c1. The molecule has 3 nitrogen and oxygen atoms in total. The first kappa shape index (κ1) is 16.5. The number of benzene rings is 2. The Bertz CT molecular complexity index is 571. The van der Waals surface area contributed by atoms with Gasteiger partial charge in [0, 0.05) is 12.6 Å². The van der Waals surface area contributed by atoms with Gasteiger partial charge in [0.1, 0.15) is 5.75 Å². The Morgan fingerprint density at radius 1 is 1.05 bits per heavy atom. The van der Waals surface area contributed by atoms with Crippen LogP contribution in [0.1, 0.15) is 31.0 Å². The lowest BCUT2D eigenvalue weighted by Crippen LogP contribution is -2.35. The van der Waals surface area contributed by atoms with E-state index in [4.69, 9.17) is 0 Å². The van der Waals surface area contributed by atoms with Gasteiger partial charge in [-0.05, 0) is 43.1 Å². The highest BCUT2D eigenvalue weighted by molar-refractivity contribution is 5.29. The zero-order valence-electron chi connectivity index (χ0n) is 13.3. The molecule has 2 atom stereocenters. The molecule has 3 heteroatoms. The quantitative estimate of drug-likeness (QED) is 0.824. The third kappa shape index (κ3) is 4.58. The number of hydrogen-bond donors (Lipinski definition) is 2. The van der Waals surface area contributed by atoms with Crippen LogP contribution in [0.3, 0.4) is 0 Å². The van der Waals surface area contributed by atoms with E-state index in [9.17, 15) is 10.2 Å². The monoisotopic (exact) mass is 299 g/mol. The van der Waals surface area contributed by atoms with Crippen molar-refractivity contribution in [1.29, 1.82) is 0 Å². The van der Waals surface area contributed by atoms with Gasteiger partial charge in [-0.15, -0.1) is 0 Å². The summed E-state index contributed by atoms with van der Waals surface area (Å²) in [6.45, 7) is 5.66. The molecule has 0 radical (unpaired) electrons. The maximum Gasteiger partial charge on any atom is 0.115 e. The second kappa shape index (κ2) is 7.97. The molecule has 0 bridgehead atoms. The Hall–Kier alpha value is -1.84. The van der Waals surface area contributed by atoms with E-state index in [0.717, 1.165) is 17.7 Å². The van der Waals surface area contributed by atoms with Gasteiger partial charge in [-0.1, -0.05) is 49.4 Å². The molecule has 0 heterocycles. The maximum absolute atomic E-state index is 10.4. The van der Waals surface area contributed by atoms with Gasteiger partial charge in [0.2, 0.25) is 0 Å². The summed E-state index contributed by atoms with van der Waals surface area (Å²) in [5, 5.41) is 20.0. The molecule has 0 aliphatic heterocycles. The van der Waals surface area contributed by atoms with Crippen LogP contribution in [0.4, 0.5) is 0 Å².